The van der Waals surface area contributed by atoms with E-state index in [0.717, 1.165) is 27.6 Å². The highest BCUT2D eigenvalue weighted by molar-refractivity contribution is 5.94. The number of pyridine rings is 1. The summed E-state index contributed by atoms with van der Waals surface area (Å²) in [7, 11) is 3.08. The van der Waals surface area contributed by atoms with E-state index in [1.165, 1.54) is 13.2 Å². The third kappa shape index (κ3) is 4.47. The lowest BCUT2D eigenvalue weighted by atomic mass is 9.94. The first kappa shape index (κ1) is 22.1. The molecule has 0 amide bonds. The van der Waals surface area contributed by atoms with Crippen molar-refractivity contribution in [2.45, 2.75) is 40.7 Å². The fraction of sp³-hybridized carbons (Fsp3) is 0.348. The van der Waals surface area contributed by atoms with Crippen LogP contribution in [0.3, 0.4) is 0 Å². The molecule has 6 heteroatoms. The number of anilines is 1. The van der Waals surface area contributed by atoms with Crippen LogP contribution in [0.1, 0.15) is 31.9 Å². The van der Waals surface area contributed by atoms with E-state index in [2.05, 4.69) is 4.98 Å². The molecular formula is C23H28N2O4. The maximum Gasteiger partial charge on any atom is 0.338 e. The molecule has 0 saturated carbocycles. The predicted molar refractivity (Wildman–Crippen MR) is 116 cm³/mol. The number of ether oxygens (including phenoxy) is 1. The van der Waals surface area contributed by atoms with Crippen molar-refractivity contribution in [2.75, 3.05) is 19.1 Å². The molecule has 0 aliphatic carbocycles. The summed E-state index contributed by atoms with van der Waals surface area (Å²) in [5.74, 6) is 0.146. The molecule has 0 radical (unpaired) electrons. The Bertz CT molecular complexity index is 1050. The molecule has 0 aliphatic rings. The molecule has 1 unspecified atom stereocenters. The summed E-state index contributed by atoms with van der Waals surface area (Å²) in [6.45, 7) is 9.74. The molecule has 0 N–H and O–H groups in total. The quantitative estimate of drug-likeness (QED) is 0.605. The minimum Gasteiger partial charge on any atom is -0.467 e. The number of rotatable bonds is 4. The number of carbonyl (C=O) groups excluding carboxylic acids is 1. The van der Waals surface area contributed by atoms with E-state index >= 15 is 0 Å². The Labute approximate surface area is 171 Å². The number of methoxy groups -OCH3 is 1. The maximum atomic E-state index is 12.2. The van der Waals surface area contributed by atoms with Gasteiger partial charge >= 0.3 is 11.6 Å². The zero-order valence-electron chi connectivity index (χ0n) is 18.1. The van der Waals surface area contributed by atoms with Gasteiger partial charge in [-0.05, 0) is 49.6 Å². The Kier molecular flexibility index (Phi) is 7.15. The topological polar surface area (TPSA) is 72.6 Å². The SMILES string of the molecule is CC.COC(=O)C(C)N(C)c1ccc2c(-c3c(C)cccc3C)cc(=O)oc2n1. The monoisotopic (exact) mass is 396 g/mol. The molecule has 3 aromatic rings. The normalized spacial score (nSPS) is 11.4. The predicted octanol–water partition coefficient (Wildman–Crippen LogP) is 4.50. The third-order valence-corrected chi connectivity index (χ3v) is 4.83. The summed E-state index contributed by atoms with van der Waals surface area (Å²) in [5.41, 5.74) is 3.71. The van der Waals surface area contributed by atoms with Gasteiger partial charge < -0.3 is 14.1 Å². The van der Waals surface area contributed by atoms with Gasteiger partial charge in [-0.2, -0.15) is 4.98 Å². The van der Waals surface area contributed by atoms with Crippen molar-refractivity contribution in [3.05, 3.63) is 57.9 Å². The number of fused-ring (bicyclic) bond motifs is 1. The average molecular weight is 396 g/mol. The van der Waals surface area contributed by atoms with E-state index in [-0.39, 0.29) is 11.7 Å². The number of carbonyl (C=O) groups is 1. The standard InChI is InChI=1S/C21H22N2O4.C2H6/c1-12-7-6-8-13(2)19(12)16-11-18(24)27-20-15(16)9-10-17(22-20)23(4)14(3)21(25)26-5;1-2/h6-11,14H,1-5H3;1-2H3. The van der Waals surface area contributed by atoms with Crippen LogP contribution in [0.4, 0.5) is 5.82 Å². The van der Waals surface area contributed by atoms with Gasteiger partial charge in [0.15, 0.2) is 0 Å². The lowest BCUT2D eigenvalue weighted by Crippen LogP contribution is -2.37. The van der Waals surface area contributed by atoms with Crippen LogP contribution in [0, 0.1) is 13.8 Å². The summed E-state index contributed by atoms with van der Waals surface area (Å²) in [5, 5.41) is 0.745. The summed E-state index contributed by atoms with van der Waals surface area (Å²) >= 11 is 0. The van der Waals surface area contributed by atoms with E-state index in [9.17, 15) is 9.59 Å². The van der Waals surface area contributed by atoms with Gasteiger partial charge in [-0.15, -0.1) is 0 Å². The van der Waals surface area contributed by atoms with Crippen LogP contribution in [0.2, 0.25) is 0 Å². The first-order chi connectivity index (χ1) is 13.8. The number of benzene rings is 1. The van der Waals surface area contributed by atoms with Crippen molar-refractivity contribution in [3.8, 4) is 11.1 Å². The van der Waals surface area contributed by atoms with Gasteiger partial charge in [0.25, 0.3) is 0 Å². The fourth-order valence-electron chi connectivity index (χ4n) is 3.20. The van der Waals surface area contributed by atoms with Crippen molar-refractivity contribution >= 4 is 22.9 Å². The molecule has 3 rings (SSSR count). The van der Waals surface area contributed by atoms with Crippen LogP contribution in [0.25, 0.3) is 22.2 Å². The summed E-state index contributed by atoms with van der Waals surface area (Å²) in [4.78, 5) is 30.1. The Morgan fingerprint density at radius 2 is 1.76 bits per heavy atom. The Morgan fingerprint density at radius 3 is 2.34 bits per heavy atom. The number of esters is 1. The van der Waals surface area contributed by atoms with Gasteiger partial charge in [0.2, 0.25) is 5.71 Å². The summed E-state index contributed by atoms with van der Waals surface area (Å²) < 4.78 is 10.1. The van der Waals surface area contributed by atoms with Crippen molar-refractivity contribution < 1.29 is 13.9 Å². The van der Waals surface area contributed by atoms with E-state index in [1.807, 2.05) is 52.0 Å². The van der Waals surface area contributed by atoms with E-state index in [4.69, 9.17) is 9.15 Å². The third-order valence-electron chi connectivity index (χ3n) is 4.83. The zero-order valence-corrected chi connectivity index (χ0v) is 18.1. The molecule has 1 aromatic carbocycles. The minimum atomic E-state index is -0.520. The molecule has 154 valence electrons. The second kappa shape index (κ2) is 9.37. The molecule has 0 bridgehead atoms. The van der Waals surface area contributed by atoms with Gasteiger partial charge in [-0.1, -0.05) is 32.0 Å². The molecule has 0 spiro atoms. The molecule has 1 atom stereocenters. The molecule has 2 aromatic heterocycles. The van der Waals surface area contributed by atoms with E-state index in [1.54, 1.807) is 24.9 Å². The van der Waals surface area contributed by atoms with Crippen LogP contribution in [-0.2, 0) is 9.53 Å². The first-order valence-corrected chi connectivity index (χ1v) is 9.65. The van der Waals surface area contributed by atoms with Crippen molar-refractivity contribution in [2.24, 2.45) is 0 Å². The highest BCUT2D eigenvalue weighted by Crippen LogP contribution is 2.32. The number of aryl methyl sites for hydroxylation is 2. The maximum absolute atomic E-state index is 12.2. The molecule has 2 heterocycles. The van der Waals surface area contributed by atoms with Crippen LogP contribution < -0.4 is 10.5 Å². The number of nitrogens with zero attached hydrogens (tertiary/aromatic N) is 2. The highest BCUT2D eigenvalue weighted by atomic mass is 16.5. The Morgan fingerprint density at radius 1 is 1.14 bits per heavy atom. The Hall–Kier alpha value is -3.15. The molecular weight excluding hydrogens is 368 g/mol. The van der Waals surface area contributed by atoms with Gasteiger partial charge in [0, 0.05) is 24.1 Å². The van der Waals surface area contributed by atoms with E-state index in [0.29, 0.717) is 5.82 Å². The second-order valence-corrected chi connectivity index (χ2v) is 6.58. The molecule has 0 aliphatic heterocycles. The highest BCUT2D eigenvalue weighted by Gasteiger charge is 2.21. The number of hydrogen-bond acceptors (Lipinski definition) is 6. The number of hydrogen-bond donors (Lipinski definition) is 0. The van der Waals surface area contributed by atoms with Crippen LogP contribution in [-0.4, -0.2) is 31.2 Å². The van der Waals surface area contributed by atoms with Gasteiger partial charge in [-0.25, -0.2) is 9.59 Å². The molecule has 0 saturated heterocycles. The smallest absolute Gasteiger partial charge is 0.338 e. The summed E-state index contributed by atoms with van der Waals surface area (Å²) in [6, 6.07) is 10.7. The van der Waals surface area contributed by atoms with Gasteiger partial charge in [0.05, 0.1) is 7.11 Å². The van der Waals surface area contributed by atoms with Crippen molar-refractivity contribution in [3.63, 3.8) is 0 Å². The number of likely N-dealkylation sites (N-methyl/N-ethyl adjacent to an activating group) is 1. The van der Waals surface area contributed by atoms with Crippen molar-refractivity contribution in [1.29, 1.82) is 0 Å². The molecule has 0 fully saturated rings. The minimum absolute atomic E-state index is 0.238. The molecule has 6 nitrogen and oxygen atoms in total. The largest absolute Gasteiger partial charge is 0.467 e. The van der Waals surface area contributed by atoms with Crippen LogP contribution in [0.15, 0.2) is 45.6 Å². The summed E-state index contributed by atoms with van der Waals surface area (Å²) in [6.07, 6.45) is 0. The van der Waals surface area contributed by atoms with E-state index < -0.39 is 11.7 Å². The van der Waals surface area contributed by atoms with Crippen molar-refractivity contribution in [1.82, 2.24) is 4.98 Å². The molecule has 29 heavy (non-hydrogen) atoms. The average Bonchev–Trinajstić information content (AvgIpc) is 2.72. The Balaban J connectivity index is 0.00000145. The number of aromatic nitrogens is 1. The van der Waals surface area contributed by atoms with Gasteiger partial charge in [0.1, 0.15) is 11.9 Å². The van der Waals surface area contributed by atoms with Crippen LogP contribution >= 0.6 is 0 Å². The lowest BCUT2D eigenvalue weighted by Gasteiger charge is -2.23. The van der Waals surface area contributed by atoms with Gasteiger partial charge in [-0.3, -0.25) is 0 Å². The van der Waals surface area contributed by atoms with Crippen LogP contribution in [0.5, 0.6) is 0 Å². The lowest BCUT2D eigenvalue weighted by molar-refractivity contribution is -0.141. The fourth-order valence-corrected chi connectivity index (χ4v) is 3.20. The first-order valence-electron chi connectivity index (χ1n) is 9.65. The zero-order chi connectivity index (χ0) is 21.7. The second-order valence-electron chi connectivity index (χ2n) is 6.58.